The van der Waals surface area contributed by atoms with Crippen molar-refractivity contribution in [3.8, 4) is 11.5 Å². The van der Waals surface area contributed by atoms with E-state index in [-0.39, 0.29) is 0 Å². The number of nitrogens with one attached hydrogen (secondary N) is 2. The molecule has 1 heterocycles. The summed E-state index contributed by atoms with van der Waals surface area (Å²) in [4.78, 5) is 4.32. The van der Waals surface area contributed by atoms with Gasteiger partial charge < -0.3 is 15.4 Å². The van der Waals surface area contributed by atoms with Gasteiger partial charge in [-0.15, -0.1) is 0 Å². The highest BCUT2D eigenvalue weighted by atomic mass is 16.5. The number of aryl methyl sites for hydroxylation is 3. The van der Waals surface area contributed by atoms with E-state index in [1.54, 1.807) is 7.05 Å². The van der Waals surface area contributed by atoms with E-state index in [2.05, 4.69) is 52.0 Å². The largest absolute Gasteiger partial charge is 0.457 e. The Morgan fingerprint density at radius 3 is 2.69 bits per heavy atom. The van der Waals surface area contributed by atoms with Crippen LogP contribution >= 0.6 is 0 Å². The lowest BCUT2D eigenvalue weighted by Gasteiger charge is -2.15. The maximum Gasteiger partial charge on any atom is 0.191 e. The molecule has 6 heteroatoms. The van der Waals surface area contributed by atoms with E-state index in [1.807, 2.05) is 48.3 Å². The molecule has 2 N–H and O–H groups in total. The second kappa shape index (κ2) is 10.3. The van der Waals surface area contributed by atoms with E-state index in [4.69, 9.17) is 4.74 Å². The third kappa shape index (κ3) is 6.38. The summed E-state index contributed by atoms with van der Waals surface area (Å²) in [6.07, 6.45) is 5.97. The Morgan fingerprint density at radius 1 is 1.14 bits per heavy atom. The van der Waals surface area contributed by atoms with Gasteiger partial charge in [0, 0.05) is 38.9 Å². The summed E-state index contributed by atoms with van der Waals surface area (Å²) in [6.45, 7) is 3.54. The molecule has 2 aromatic carbocycles. The third-order valence-electron chi connectivity index (χ3n) is 4.56. The van der Waals surface area contributed by atoms with Gasteiger partial charge in [0.25, 0.3) is 0 Å². The van der Waals surface area contributed by atoms with E-state index in [1.165, 1.54) is 5.56 Å². The van der Waals surface area contributed by atoms with Crippen LogP contribution < -0.4 is 15.4 Å². The zero-order valence-corrected chi connectivity index (χ0v) is 17.4. The lowest BCUT2D eigenvalue weighted by molar-refractivity contribution is 0.474. The SMILES string of the molecule is CN=C(NCCCc1cnn(C)c1)NCc1ccc(C)cc1Oc1ccccc1. The lowest BCUT2D eigenvalue weighted by atomic mass is 10.1. The van der Waals surface area contributed by atoms with Crippen LogP contribution in [0.25, 0.3) is 0 Å². The maximum absolute atomic E-state index is 6.10. The number of hydrogen-bond acceptors (Lipinski definition) is 3. The van der Waals surface area contributed by atoms with E-state index < -0.39 is 0 Å². The number of guanidine groups is 1. The number of rotatable bonds is 8. The molecule has 0 aliphatic carbocycles. The first-order valence-corrected chi connectivity index (χ1v) is 9.88. The minimum Gasteiger partial charge on any atom is -0.457 e. The molecule has 3 rings (SSSR count). The van der Waals surface area contributed by atoms with Gasteiger partial charge in [-0.25, -0.2) is 0 Å². The van der Waals surface area contributed by atoms with Crippen LogP contribution in [-0.2, 0) is 20.0 Å². The van der Waals surface area contributed by atoms with Gasteiger partial charge in [0.1, 0.15) is 11.5 Å². The highest BCUT2D eigenvalue weighted by molar-refractivity contribution is 5.79. The molecule has 6 nitrogen and oxygen atoms in total. The molecule has 0 saturated heterocycles. The van der Waals surface area contributed by atoms with Gasteiger partial charge in [0.05, 0.1) is 6.20 Å². The van der Waals surface area contributed by atoms with Gasteiger partial charge >= 0.3 is 0 Å². The monoisotopic (exact) mass is 391 g/mol. The topological polar surface area (TPSA) is 63.5 Å². The van der Waals surface area contributed by atoms with Gasteiger partial charge in [-0.2, -0.15) is 5.10 Å². The van der Waals surface area contributed by atoms with Crippen LogP contribution in [0.15, 0.2) is 65.9 Å². The van der Waals surface area contributed by atoms with Crippen LogP contribution in [0.4, 0.5) is 0 Å². The lowest BCUT2D eigenvalue weighted by Crippen LogP contribution is -2.37. The Kier molecular flexibility index (Phi) is 7.28. The Labute approximate surface area is 172 Å². The summed E-state index contributed by atoms with van der Waals surface area (Å²) in [7, 11) is 3.72. The molecule has 152 valence electrons. The number of nitrogens with zero attached hydrogens (tertiary/aromatic N) is 3. The fraction of sp³-hybridized carbons (Fsp3) is 0.304. The first-order chi connectivity index (χ1) is 14.1. The highest BCUT2D eigenvalue weighted by Crippen LogP contribution is 2.26. The van der Waals surface area contributed by atoms with Crippen molar-refractivity contribution in [1.29, 1.82) is 0 Å². The molecular formula is C23H29N5O. The maximum atomic E-state index is 6.10. The minimum atomic E-state index is 0.630. The molecule has 0 aliphatic rings. The quantitative estimate of drug-likeness (QED) is 0.348. The normalized spacial score (nSPS) is 11.3. The molecule has 0 radical (unpaired) electrons. The van der Waals surface area contributed by atoms with E-state index in [0.717, 1.165) is 48.0 Å². The van der Waals surface area contributed by atoms with Gasteiger partial charge in [-0.3, -0.25) is 9.67 Å². The zero-order chi connectivity index (χ0) is 20.5. The molecule has 0 unspecified atom stereocenters. The summed E-state index contributed by atoms with van der Waals surface area (Å²) in [5.41, 5.74) is 3.50. The molecule has 0 amide bonds. The highest BCUT2D eigenvalue weighted by Gasteiger charge is 2.07. The molecule has 0 saturated carbocycles. The third-order valence-corrected chi connectivity index (χ3v) is 4.56. The predicted octanol–water partition coefficient (Wildman–Crippen LogP) is 3.82. The fourth-order valence-corrected chi connectivity index (χ4v) is 3.02. The molecule has 0 aliphatic heterocycles. The van der Waals surface area contributed by atoms with Gasteiger partial charge in [-0.1, -0.05) is 30.3 Å². The smallest absolute Gasteiger partial charge is 0.191 e. The van der Waals surface area contributed by atoms with Crippen LogP contribution in [0.1, 0.15) is 23.1 Å². The van der Waals surface area contributed by atoms with Crippen LogP contribution in [0.2, 0.25) is 0 Å². The molecule has 0 atom stereocenters. The minimum absolute atomic E-state index is 0.630. The number of benzene rings is 2. The van der Waals surface area contributed by atoms with Gasteiger partial charge in [0.15, 0.2) is 5.96 Å². The Bertz CT molecular complexity index is 933. The zero-order valence-electron chi connectivity index (χ0n) is 17.4. The van der Waals surface area contributed by atoms with Crippen molar-refractivity contribution < 1.29 is 4.74 Å². The first kappa shape index (κ1) is 20.5. The van der Waals surface area contributed by atoms with E-state index >= 15 is 0 Å². The van der Waals surface area contributed by atoms with Gasteiger partial charge in [0.2, 0.25) is 0 Å². The van der Waals surface area contributed by atoms with Crippen molar-refractivity contribution in [1.82, 2.24) is 20.4 Å². The van der Waals surface area contributed by atoms with Crippen LogP contribution in [0.3, 0.4) is 0 Å². The Hall–Kier alpha value is -3.28. The summed E-state index contributed by atoms with van der Waals surface area (Å²) >= 11 is 0. The molecule has 0 fully saturated rings. The average Bonchev–Trinajstić information content (AvgIpc) is 3.14. The molecule has 1 aromatic heterocycles. The standard InChI is InChI=1S/C23H29N5O/c1-18-11-12-20(22(14-18)29-21-9-5-4-6-10-21)16-26-23(24-2)25-13-7-8-19-15-27-28(3)17-19/h4-6,9-12,14-15,17H,7-8,13,16H2,1-3H3,(H2,24,25,26). The average molecular weight is 392 g/mol. The first-order valence-electron chi connectivity index (χ1n) is 9.88. The van der Waals surface area contributed by atoms with Gasteiger partial charge in [-0.05, 0) is 49.1 Å². The van der Waals surface area contributed by atoms with Crippen LogP contribution in [0, 0.1) is 6.92 Å². The van der Waals surface area contributed by atoms with Crippen molar-refractivity contribution in [3.05, 3.63) is 77.6 Å². The van der Waals surface area contributed by atoms with Crippen LogP contribution in [0.5, 0.6) is 11.5 Å². The summed E-state index contributed by atoms with van der Waals surface area (Å²) in [5, 5.41) is 10.9. The van der Waals surface area contributed by atoms with Crippen molar-refractivity contribution >= 4 is 5.96 Å². The van der Waals surface area contributed by atoms with Crippen molar-refractivity contribution in [2.75, 3.05) is 13.6 Å². The number of hydrogen-bond donors (Lipinski definition) is 2. The molecule has 3 aromatic rings. The van der Waals surface area contributed by atoms with E-state index in [9.17, 15) is 0 Å². The number of ether oxygens (including phenoxy) is 1. The second-order valence-corrected chi connectivity index (χ2v) is 7.00. The summed E-state index contributed by atoms with van der Waals surface area (Å²) < 4.78 is 7.93. The summed E-state index contributed by atoms with van der Waals surface area (Å²) in [6, 6.07) is 16.1. The van der Waals surface area contributed by atoms with Crippen molar-refractivity contribution in [3.63, 3.8) is 0 Å². The Morgan fingerprint density at radius 2 is 1.97 bits per heavy atom. The number of aromatic nitrogens is 2. The Balaban J connectivity index is 1.52. The molecule has 29 heavy (non-hydrogen) atoms. The summed E-state index contributed by atoms with van der Waals surface area (Å²) in [5.74, 6) is 2.47. The number of para-hydroxylation sites is 1. The van der Waals surface area contributed by atoms with Crippen LogP contribution in [-0.4, -0.2) is 29.3 Å². The molecular weight excluding hydrogens is 362 g/mol. The van der Waals surface area contributed by atoms with Crippen molar-refractivity contribution in [2.45, 2.75) is 26.3 Å². The van der Waals surface area contributed by atoms with E-state index in [0.29, 0.717) is 6.54 Å². The molecule has 0 spiro atoms. The predicted molar refractivity (Wildman–Crippen MR) is 117 cm³/mol. The molecule has 0 bridgehead atoms. The number of aliphatic imine (C=N–C) groups is 1. The second-order valence-electron chi connectivity index (χ2n) is 7.00. The fourth-order valence-electron chi connectivity index (χ4n) is 3.02. The van der Waals surface area contributed by atoms with Crippen molar-refractivity contribution in [2.24, 2.45) is 12.0 Å².